The number of fused-ring (bicyclic) bond motifs is 1. The van der Waals surface area contributed by atoms with Crippen LogP contribution in [0.25, 0.3) is 10.9 Å². The maximum atomic E-state index is 6.21. The Bertz CT molecular complexity index is 924. The van der Waals surface area contributed by atoms with Crippen molar-refractivity contribution in [2.45, 2.75) is 0 Å². The normalized spacial score (nSPS) is 10.6. The predicted octanol–water partition coefficient (Wildman–Crippen LogP) is 4.06. The van der Waals surface area contributed by atoms with Crippen molar-refractivity contribution in [2.75, 3.05) is 32.0 Å². The number of methoxy groups -OCH3 is 2. The number of benzene rings is 1. The summed E-state index contributed by atoms with van der Waals surface area (Å²) in [5.74, 6) is 2.49. The summed E-state index contributed by atoms with van der Waals surface area (Å²) in [6.45, 7) is 0.367. The number of nitrogens with zero attached hydrogens (tertiary/aromatic N) is 3. The van der Waals surface area contributed by atoms with Crippen LogP contribution in [0.15, 0.2) is 30.7 Å². The second kappa shape index (κ2) is 8.25. The largest absolute Gasteiger partial charge is 0.493 e. The molecule has 0 atom stereocenters. The van der Waals surface area contributed by atoms with Crippen molar-refractivity contribution in [3.05, 3.63) is 35.7 Å². The summed E-state index contributed by atoms with van der Waals surface area (Å²) < 4.78 is 16.2. The van der Waals surface area contributed by atoms with Crippen LogP contribution in [0.3, 0.4) is 0 Å². The van der Waals surface area contributed by atoms with E-state index >= 15 is 0 Å². The van der Waals surface area contributed by atoms with Crippen molar-refractivity contribution >= 4 is 45.6 Å². The van der Waals surface area contributed by atoms with Gasteiger partial charge in [-0.25, -0.2) is 15.0 Å². The van der Waals surface area contributed by atoms with E-state index in [0.717, 1.165) is 5.39 Å². The number of aromatic nitrogens is 3. The fraction of sp³-hybridized carbons (Fsp3) is 0.235. The van der Waals surface area contributed by atoms with Gasteiger partial charge in [-0.15, -0.1) is 11.6 Å². The molecule has 1 N–H and O–H groups in total. The van der Waals surface area contributed by atoms with Crippen molar-refractivity contribution in [1.82, 2.24) is 15.0 Å². The van der Waals surface area contributed by atoms with Crippen LogP contribution in [-0.4, -0.2) is 41.7 Å². The Kier molecular flexibility index (Phi) is 5.80. The Morgan fingerprint density at radius 1 is 1.04 bits per heavy atom. The standard InChI is InChI=1S/C17H16Cl2N4O3/c1-24-14-5-10-12(6-15(14)26-4-3-18)21-9-22-17(10)23-13-7-16(25-2)20-8-11(13)19/h5-9H,3-4H2,1-2H3,(H,20,21,22,23). The topological polar surface area (TPSA) is 78.4 Å². The van der Waals surface area contributed by atoms with Gasteiger partial charge in [0.15, 0.2) is 11.5 Å². The molecule has 0 spiro atoms. The van der Waals surface area contributed by atoms with Crippen LogP contribution < -0.4 is 19.5 Å². The van der Waals surface area contributed by atoms with E-state index in [0.29, 0.717) is 51.9 Å². The highest BCUT2D eigenvalue weighted by atomic mass is 35.5. The molecule has 3 rings (SSSR count). The van der Waals surface area contributed by atoms with E-state index in [9.17, 15) is 0 Å². The molecule has 2 aromatic heterocycles. The smallest absolute Gasteiger partial charge is 0.215 e. The number of alkyl halides is 1. The first-order valence-corrected chi connectivity index (χ1v) is 8.55. The third-order valence-electron chi connectivity index (χ3n) is 3.55. The Balaban J connectivity index is 2.04. The quantitative estimate of drug-likeness (QED) is 0.605. The molecule has 0 saturated carbocycles. The molecule has 0 saturated heterocycles. The summed E-state index contributed by atoms with van der Waals surface area (Å²) in [5, 5.41) is 4.36. The van der Waals surface area contributed by atoms with Gasteiger partial charge in [0.1, 0.15) is 18.8 Å². The fourth-order valence-corrected chi connectivity index (χ4v) is 2.57. The van der Waals surface area contributed by atoms with E-state index in [1.165, 1.54) is 19.6 Å². The molecule has 9 heteroatoms. The van der Waals surface area contributed by atoms with Crippen molar-refractivity contribution < 1.29 is 14.2 Å². The van der Waals surface area contributed by atoms with Crippen molar-refractivity contribution in [3.63, 3.8) is 0 Å². The molecule has 1 aromatic carbocycles. The maximum Gasteiger partial charge on any atom is 0.215 e. The third-order valence-corrected chi connectivity index (χ3v) is 4.00. The fourth-order valence-electron chi connectivity index (χ4n) is 2.34. The molecule has 0 amide bonds. The summed E-state index contributed by atoms with van der Waals surface area (Å²) in [4.78, 5) is 12.7. The van der Waals surface area contributed by atoms with Gasteiger partial charge >= 0.3 is 0 Å². The van der Waals surface area contributed by atoms with Gasteiger partial charge in [0.25, 0.3) is 0 Å². The number of hydrogen-bond acceptors (Lipinski definition) is 7. The molecule has 7 nitrogen and oxygen atoms in total. The van der Waals surface area contributed by atoms with Gasteiger partial charge < -0.3 is 19.5 Å². The van der Waals surface area contributed by atoms with Gasteiger partial charge in [-0.05, 0) is 6.07 Å². The number of rotatable bonds is 7. The molecule has 0 bridgehead atoms. The van der Waals surface area contributed by atoms with Crippen LogP contribution in [0.5, 0.6) is 17.4 Å². The van der Waals surface area contributed by atoms with Crippen molar-refractivity contribution in [3.8, 4) is 17.4 Å². The molecule has 0 aliphatic rings. The average Bonchev–Trinajstić information content (AvgIpc) is 2.67. The van der Waals surface area contributed by atoms with E-state index < -0.39 is 0 Å². The number of ether oxygens (including phenoxy) is 3. The molecule has 0 aliphatic heterocycles. The first kappa shape index (κ1) is 18.3. The lowest BCUT2D eigenvalue weighted by molar-refractivity contribution is 0.313. The van der Waals surface area contributed by atoms with Crippen molar-refractivity contribution in [2.24, 2.45) is 0 Å². The Morgan fingerprint density at radius 2 is 1.88 bits per heavy atom. The van der Waals surface area contributed by atoms with Crippen LogP contribution >= 0.6 is 23.2 Å². The van der Waals surface area contributed by atoms with E-state index in [1.54, 1.807) is 25.3 Å². The van der Waals surface area contributed by atoms with Crippen LogP contribution in [-0.2, 0) is 0 Å². The minimum absolute atomic E-state index is 0.367. The highest BCUT2D eigenvalue weighted by molar-refractivity contribution is 6.33. The number of anilines is 2. The van der Waals surface area contributed by atoms with Gasteiger partial charge in [0.2, 0.25) is 5.88 Å². The van der Waals surface area contributed by atoms with Gasteiger partial charge in [-0.1, -0.05) is 11.6 Å². The summed E-state index contributed by atoms with van der Waals surface area (Å²) in [6, 6.07) is 5.27. The lowest BCUT2D eigenvalue weighted by atomic mass is 10.2. The number of nitrogens with one attached hydrogen (secondary N) is 1. The molecular formula is C17H16Cl2N4O3. The maximum absolute atomic E-state index is 6.21. The minimum atomic E-state index is 0.367. The Morgan fingerprint density at radius 3 is 2.62 bits per heavy atom. The monoisotopic (exact) mass is 394 g/mol. The number of pyridine rings is 1. The lowest BCUT2D eigenvalue weighted by Crippen LogP contribution is -2.02. The van der Waals surface area contributed by atoms with E-state index in [2.05, 4.69) is 20.3 Å². The van der Waals surface area contributed by atoms with Crippen LogP contribution in [0.1, 0.15) is 0 Å². The zero-order valence-corrected chi connectivity index (χ0v) is 15.6. The molecule has 26 heavy (non-hydrogen) atoms. The van der Waals surface area contributed by atoms with Crippen molar-refractivity contribution in [1.29, 1.82) is 0 Å². The molecule has 0 unspecified atom stereocenters. The average molecular weight is 395 g/mol. The van der Waals surface area contributed by atoms with E-state index in [-0.39, 0.29) is 0 Å². The van der Waals surface area contributed by atoms with Crippen LogP contribution in [0, 0.1) is 0 Å². The molecule has 0 radical (unpaired) electrons. The Hall–Kier alpha value is -2.51. The lowest BCUT2D eigenvalue weighted by Gasteiger charge is -2.14. The molecule has 2 heterocycles. The summed E-state index contributed by atoms with van der Waals surface area (Å²) >= 11 is 11.9. The number of halogens is 2. The second-order valence-corrected chi connectivity index (χ2v) is 5.90. The minimum Gasteiger partial charge on any atom is -0.493 e. The molecule has 136 valence electrons. The van der Waals surface area contributed by atoms with E-state index in [1.807, 2.05) is 0 Å². The molecule has 3 aromatic rings. The SMILES string of the molecule is COc1cc(Nc2ncnc3cc(OCCCl)c(OC)cc23)c(Cl)cn1. The second-order valence-electron chi connectivity index (χ2n) is 5.11. The predicted molar refractivity (Wildman–Crippen MR) is 101 cm³/mol. The Labute approximate surface area is 160 Å². The first-order chi connectivity index (χ1) is 12.7. The molecular weight excluding hydrogens is 379 g/mol. The van der Waals surface area contributed by atoms with Gasteiger partial charge in [-0.3, -0.25) is 0 Å². The zero-order valence-electron chi connectivity index (χ0n) is 14.1. The third kappa shape index (κ3) is 3.84. The van der Waals surface area contributed by atoms with Crippen LogP contribution in [0.2, 0.25) is 5.02 Å². The summed E-state index contributed by atoms with van der Waals surface area (Å²) in [5.41, 5.74) is 1.30. The van der Waals surface area contributed by atoms with Gasteiger partial charge in [0.05, 0.1) is 42.5 Å². The zero-order chi connectivity index (χ0) is 18.5. The first-order valence-electron chi connectivity index (χ1n) is 7.64. The van der Waals surface area contributed by atoms with Crippen LogP contribution in [0.4, 0.5) is 11.5 Å². The highest BCUT2D eigenvalue weighted by Gasteiger charge is 2.13. The molecule has 0 fully saturated rings. The van der Waals surface area contributed by atoms with Gasteiger partial charge in [0, 0.05) is 17.5 Å². The summed E-state index contributed by atoms with van der Waals surface area (Å²) in [7, 11) is 3.10. The van der Waals surface area contributed by atoms with E-state index in [4.69, 9.17) is 37.4 Å². The number of hydrogen-bond donors (Lipinski definition) is 1. The van der Waals surface area contributed by atoms with Gasteiger partial charge in [-0.2, -0.15) is 0 Å². The summed E-state index contributed by atoms with van der Waals surface area (Å²) in [6.07, 6.45) is 2.96. The highest BCUT2D eigenvalue weighted by Crippen LogP contribution is 2.36. The molecule has 0 aliphatic carbocycles.